The van der Waals surface area contributed by atoms with Crippen molar-refractivity contribution < 1.29 is 14.0 Å². The minimum absolute atomic E-state index is 0.116. The topological polar surface area (TPSA) is 94.2 Å². The number of nitrogens with one attached hydrogen (secondary N) is 1. The summed E-state index contributed by atoms with van der Waals surface area (Å²) in [6.07, 6.45) is 1.43. The molecule has 0 aliphatic carbocycles. The summed E-state index contributed by atoms with van der Waals surface area (Å²) in [5.74, 6) is -1.98. The maximum Gasteiger partial charge on any atom is 0.263 e. The number of para-hydroxylation sites is 1. The Bertz CT molecular complexity index is 1110. The van der Waals surface area contributed by atoms with Crippen LogP contribution < -0.4 is 16.6 Å². The van der Waals surface area contributed by atoms with Crippen molar-refractivity contribution in [3.63, 3.8) is 0 Å². The molecule has 142 valence electrons. The third kappa shape index (κ3) is 3.94. The van der Waals surface area contributed by atoms with E-state index < -0.39 is 23.2 Å². The van der Waals surface area contributed by atoms with Gasteiger partial charge < -0.3 is 15.6 Å². The second-order valence-corrected chi connectivity index (χ2v) is 6.33. The summed E-state index contributed by atoms with van der Waals surface area (Å²) in [7, 11) is 0. The molecule has 3 rings (SSSR count). The maximum absolute atomic E-state index is 14.0. The number of nitrogens with zero attached hydrogens (tertiary/aromatic N) is 1. The largest absolute Gasteiger partial charge is 0.366 e. The van der Waals surface area contributed by atoms with Gasteiger partial charge in [-0.05, 0) is 36.4 Å². The Morgan fingerprint density at radius 1 is 1.04 bits per heavy atom. The van der Waals surface area contributed by atoms with Crippen molar-refractivity contribution in [1.82, 2.24) is 4.57 Å². The minimum Gasteiger partial charge on any atom is -0.366 e. The highest BCUT2D eigenvalue weighted by atomic mass is 35.5. The summed E-state index contributed by atoms with van der Waals surface area (Å²) in [5.41, 5.74) is 4.94. The third-order valence-electron chi connectivity index (χ3n) is 4.10. The lowest BCUT2D eigenvalue weighted by Crippen LogP contribution is -2.29. The van der Waals surface area contributed by atoms with Gasteiger partial charge in [0.1, 0.15) is 11.4 Å². The lowest BCUT2D eigenvalue weighted by atomic mass is 10.1. The van der Waals surface area contributed by atoms with E-state index in [9.17, 15) is 18.8 Å². The zero-order valence-electron chi connectivity index (χ0n) is 14.5. The lowest BCUT2D eigenvalue weighted by molar-refractivity contribution is 0.100. The van der Waals surface area contributed by atoms with Gasteiger partial charge in [-0.1, -0.05) is 29.8 Å². The lowest BCUT2D eigenvalue weighted by Gasteiger charge is -2.11. The van der Waals surface area contributed by atoms with Gasteiger partial charge in [0.2, 0.25) is 0 Å². The predicted molar refractivity (Wildman–Crippen MR) is 104 cm³/mol. The Hall–Kier alpha value is -3.45. The molecule has 3 aromatic rings. The Labute approximate surface area is 164 Å². The van der Waals surface area contributed by atoms with Crippen molar-refractivity contribution in [2.24, 2.45) is 5.73 Å². The van der Waals surface area contributed by atoms with Gasteiger partial charge in [-0.3, -0.25) is 14.4 Å². The molecular formula is C20H15ClFN3O3. The number of rotatable bonds is 5. The van der Waals surface area contributed by atoms with Crippen LogP contribution in [0.15, 0.2) is 65.6 Å². The van der Waals surface area contributed by atoms with Crippen molar-refractivity contribution in [1.29, 1.82) is 0 Å². The molecule has 0 atom stereocenters. The number of hydrogen-bond donors (Lipinski definition) is 2. The zero-order valence-corrected chi connectivity index (χ0v) is 15.2. The second-order valence-electron chi connectivity index (χ2n) is 5.92. The van der Waals surface area contributed by atoms with E-state index in [1.54, 1.807) is 12.1 Å². The number of pyridine rings is 1. The molecule has 1 aromatic heterocycles. The van der Waals surface area contributed by atoms with E-state index in [2.05, 4.69) is 5.32 Å². The summed E-state index contributed by atoms with van der Waals surface area (Å²) < 4.78 is 15.2. The first-order chi connectivity index (χ1) is 13.4. The molecular weight excluding hydrogens is 385 g/mol. The highest BCUT2D eigenvalue weighted by molar-refractivity contribution is 6.31. The number of primary amides is 1. The second kappa shape index (κ2) is 8.06. The highest BCUT2D eigenvalue weighted by Crippen LogP contribution is 2.20. The molecule has 0 spiro atoms. The van der Waals surface area contributed by atoms with Crippen LogP contribution in [0.3, 0.4) is 0 Å². The van der Waals surface area contributed by atoms with E-state index in [-0.39, 0.29) is 33.9 Å². The van der Waals surface area contributed by atoms with Gasteiger partial charge in [-0.25, -0.2) is 4.39 Å². The number of aromatic nitrogens is 1. The van der Waals surface area contributed by atoms with Crippen molar-refractivity contribution in [2.45, 2.75) is 6.54 Å². The van der Waals surface area contributed by atoms with Gasteiger partial charge in [0.05, 0.1) is 17.8 Å². The van der Waals surface area contributed by atoms with E-state index in [4.69, 9.17) is 17.3 Å². The van der Waals surface area contributed by atoms with Crippen LogP contribution in [0.5, 0.6) is 0 Å². The summed E-state index contributed by atoms with van der Waals surface area (Å²) >= 11 is 6.01. The van der Waals surface area contributed by atoms with Crippen molar-refractivity contribution in [3.8, 4) is 0 Å². The van der Waals surface area contributed by atoms with Crippen molar-refractivity contribution in [2.75, 3.05) is 5.32 Å². The Morgan fingerprint density at radius 3 is 2.46 bits per heavy atom. The molecule has 2 aromatic carbocycles. The first kappa shape index (κ1) is 19.3. The molecule has 0 aliphatic rings. The van der Waals surface area contributed by atoms with Crippen LogP contribution in [-0.2, 0) is 6.54 Å². The van der Waals surface area contributed by atoms with Gasteiger partial charge in [-0.2, -0.15) is 0 Å². The molecule has 6 nitrogen and oxygen atoms in total. The molecule has 3 N–H and O–H groups in total. The Balaban J connectivity index is 1.92. The van der Waals surface area contributed by atoms with Crippen LogP contribution in [0.2, 0.25) is 5.02 Å². The fraction of sp³-hybridized carbons (Fsp3) is 0.0500. The average molecular weight is 400 g/mol. The predicted octanol–water partition coefficient (Wildman–Crippen LogP) is 3.04. The number of hydrogen-bond acceptors (Lipinski definition) is 3. The summed E-state index contributed by atoms with van der Waals surface area (Å²) in [5, 5.41) is 2.69. The number of carbonyl (C=O) groups is 2. The molecule has 0 saturated heterocycles. The SMILES string of the molecule is NC(=O)c1ccccc1NC(=O)c1cccn(Cc2c(F)cccc2Cl)c1=O. The summed E-state index contributed by atoms with van der Waals surface area (Å²) in [6.45, 7) is -0.136. The number of amides is 2. The van der Waals surface area contributed by atoms with Crippen LogP contribution in [0.1, 0.15) is 26.3 Å². The molecule has 0 saturated carbocycles. The highest BCUT2D eigenvalue weighted by Gasteiger charge is 2.16. The molecule has 28 heavy (non-hydrogen) atoms. The number of benzene rings is 2. The Kier molecular flexibility index (Phi) is 5.56. The molecule has 0 aliphatic heterocycles. The molecule has 0 radical (unpaired) electrons. The van der Waals surface area contributed by atoms with Crippen LogP contribution in [0.4, 0.5) is 10.1 Å². The summed E-state index contributed by atoms with van der Waals surface area (Å²) in [4.78, 5) is 36.7. The summed E-state index contributed by atoms with van der Waals surface area (Å²) in [6, 6.07) is 13.2. The first-order valence-electron chi connectivity index (χ1n) is 8.21. The van der Waals surface area contributed by atoms with Crippen LogP contribution >= 0.6 is 11.6 Å². The number of halogens is 2. The van der Waals surface area contributed by atoms with Crippen molar-refractivity contribution >= 4 is 29.1 Å². The van der Waals surface area contributed by atoms with E-state index in [1.807, 2.05) is 0 Å². The average Bonchev–Trinajstić information content (AvgIpc) is 2.66. The maximum atomic E-state index is 14.0. The van der Waals surface area contributed by atoms with E-state index >= 15 is 0 Å². The molecule has 2 amide bonds. The van der Waals surface area contributed by atoms with E-state index in [0.717, 1.165) is 0 Å². The third-order valence-corrected chi connectivity index (χ3v) is 4.45. The van der Waals surface area contributed by atoms with Gasteiger partial charge in [0.25, 0.3) is 17.4 Å². The molecule has 1 heterocycles. The van der Waals surface area contributed by atoms with E-state index in [0.29, 0.717) is 0 Å². The van der Waals surface area contributed by atoms with Crippen molar-refractivity contribution in [3.05, 3.63) is 98.7 Å². The smallest absolute Gasteiger partial charge is 0.263 e. The van der Waals surface area contributed by atoms with Gasteiger partial charge in [0, 0.05) is 16.8 Å². The molecule has 0 bridgehead atoms. The van der Waals surface area contributed by atoms with Gasteiger partial charge in [0.15, 0.2) is 0 Å². The monoisotopic (exact) mass is 399 g/mol. The quantitative estimate of drug-likeness (QED) is 0.690. The molecule has 8 heteroatoms. The van der Waals surface area contributed by atoms with Gasteiger partial charge >= 0.3 is 0 Å². The standard InChI is InChI=1S/C20H15ClFN3O3/c21-15-7-3-8-16(22)14(15)11-25-10-4-6-13(20(25)28)19(27)24-17-9-2-1-5-12(17)18(23)26/h1-10H,11H2,(H2,23,26)(H,24,27). The molecule has 0 unspecified atom stereocenters. The van der Waals surface area contributed by atoms with Crippen LogP contribution in [-0.4, -0.2) is 16.4 Å². The fourth-order valence-corrected chi connectivity index (χ4v) is 2.91. The van der Waals surface area contributed by atoms with Crippen LogP contribution in [0.25, 0.3) is 0 Å². The number of anilines is 1. The number of carbonyl (C=O) groups excluding carboxylic acids is 2. The Morgan fingerprint density at radius 2 is 1.75 bits per heavy atom. The number of nitrogens with two attached hydrogens (primary N) is 1. The normalized spacial score (nSPS) is 10.5. The van der Waals surface area contributed by atoms with E-state index in [1.165, 1.54) is 53.2 Å². The fourth-order valence-electron chi connectivity index (χ4n) is 2.68. The zero-order chi connectivity index (χ0) is 20.3. The molecule has 0 fully saturated rings. The van der Waals surface area contributed by atoms with Gasteiger partial charge in [-0.15, -0.1) is 0 Å². The first-order valence-corrected chi connectivity index (χ1v) is 8.59. The minimum atomic E-state index is -0.715. The van der Waals surface area contributed by atoms with Crippen LogP contribution in [0, 0.1) is 5.82 Å².